The van der Waals surface area contributed by atoms with Crippen molar-refractivity contribution in [2.24, 2.45) is 0 Å². The Hall–Kier alpha value is -4.67. The van der Waals surface area contributed by atoms with E-state index in [9.17, 15) is 9.59 Å². The summed E-state index contributed by atoms with van der Waals surface area (Å²) in [5, 5.41) is 8.61. The fourth-order valence-corrected chi connectivity index (χ4v) is 3.44. The summed E-state index contributed by atoms with van der Waals surface area (Å²) in [6.07, 6.45) is 1.56. The summed E-state index contributed by atoms with van der Waals surface area (Å²) in [6.45, 7) is 9.47. The minimum atomic E-state index is -0.737. The average molecular weight is 475 g/mol. The molecular formula is C24H26N8O3. The number of rotatable bonds is 4. The Labute approximate surface area is 202 Å². The molecule has 0 saturated carbocycles. The molecule has 2 aromatic heterocycles. The van der Waals surface area contributed by atoms with Gasteiger partial charge in [0.25, 0.3) is 5.91 Å². The molecule has 3 aromatic rings. The number of fused-ring (bicyclic) bond motifs is 1. The van der Waals surface area contributed by atoms with Gasteiger partial charge < -0.3 is 26.0 Å². The lowest BCUT2D eigenvalue weighted by molar-refractivity contribution is 0.0516. The van der Waals surface area contributed by atoms with Gasteiger partial charge in [0.1, 0.15) is 29.6 Å². The molecule has 0 fully saturated rings. The summed E-state index contributed by atoms with van der Waals surface area (Å²) in [4.78, 5) is 39.2. The maximum Gasteiger partial charge on any atom is 0.409 e. The topological polar surface area (TPSA) is 147 Å². The second-order valence-electron chi connectivity index (χ2n) is 8.72. The van der Waals surface area contributed by atoms with Crippen LogP contribution in [0.1, 0.15) is 31.1 Å². The fourth-order valence-electron chi connectivity index (χ4n) is 3.44. The standard InChI is InChI=1S/C24H26N8O3/c1-14-20(31-23(34)35-24(2,3)4)30-21-18(19(25)27-13-28-21)32(14)16-10-8-15(9-11-16)22(33)29-17-7-5-6-12-26-17/h5-13,20H,1H2,2-4H3,(H,31,34)(H,26,29,33)(H3,25,27,28,30)/t20-/m0/s1. The summed E-state index contributed by atoms with van der Waals surface area (Å²) in [7, 11) is 0. The van der Waals surface area contributed by atoms with Crippen LogP contribution in [0.4, 0.5) is 33.6 Å². The van der Waals surface area contributed by atoms with Gasteiger partial charge in [0.15, 0.2) is 11.6 Å². The highest BCUT2D eigenvalue weighted by atomic mass is 16.6. The fraction of sp³-hybridized carbons (Fsp3) is 0.208. The van der Waals surface area contributed by atoms with Crippen molar-refractivity contribution < 1.29 is 14.3 Å². The number of benzene rings is 1. The number of hydrogen-bond acceptors (Lipinski definition) is 9. The number of nitrogens with two attached hydrogens (primary N) is 1. The molecule has 11 nitrogen and oxygen atoms in total. The third-order valence-electron chi connectivity index (χ3n) is 4.93. The van der Waals surface area contributed by atoms with Crippen LogP contribution in [0.25, 0.3) is 0 Å². The number of aromatic nitrogens is 3. The summed E-state index contributed by atoms with van der Waals surface area (Å²) in [5.41, 5.74) is 7.50. The molecule has 0 aliphatic carbocycles. The molecule has 3 heterocycles. The normalized spacial score (nSPS) is 15.0. The van der Waals surface area contributed by atoms with E-state index in [1.165, 1.54) is 6.33 Å². The van der Waals surface area contributed by atoms with E-state index in [-0.39, 0.29) is 11.7 Å². The molecule has 4 rings (SSSR count). The zero-order valence-corrected chi connectivity index (χ0v) is 19.6. The van der Waals surface area contributed by atoms with E-state index in [1.54, 1.807) is 74.3 Å². The third-order valence-corrected chi connectivity index (χ3v) is 4.93. The van der Waals surface area contributed by atoms with E-state index < -0.39 is 17.9 Å². The maximum absolute atomic E-state index is 12.6. The van der Waals surface area contributed by atoms with Crippen LogP contribution in [0.15, 0.2) is 67.3 Å². The Morgan fingerprint density at radius 2 is 1.86 bits per heavy atom. The Morgan fingerprint density at radius 1 is 1.11 bits per heavy atom. The van der Waals surface area contributed by atoms with Crippen molar-refractivity contribution in [3.05, 3.63) is 72.8 Å². The van der Waals surface area contributed by atoms with E-state index in [1.807, 2.05) is 0 Å². The lowest BCUT2D eigenvalue weighted by atomic mass is 10.1. The van der Waals surface area contributed by atoms with Gasteiger partial charge in [-0.2, -0.15) is 0 Å². The number of anilines is 5. The van der Waals surface area contributed by atoms with Gasteiger partial charge in [-0.15, -0.1) is 0 Å². The van der Waals surface area contributed by atoms with E-state index in [0.717, 1.165) is 0 Å². The number of alkyl carbamates (subject to hydrolysis) is 1. The molecule has 0 spiro atoms. The number of nitrogens with zero attached hydrogens (tertiary/aromatic N) is 4. The Balaban J connectivity index is 1.61. The van der Waals surface area contributed by atoms with Gasteiger partial charge >= 0.3 is 6.09 Å². The van der Waals surface area contributed by atoms with Gasteiger partial charge in [0.2, 0.25) is 0 Å². The predicted octanol–water partition coefficient (Wildman–Crippen LogP) is 3.63. The number of ether oxygens (including phenoxy) is 1. The first-order valence-electron chi connectivity index (χ1n) is 10.8. The number of pyridine rings is 1. The smallest absolute Gasteiger partial charge is 0.409 e. The molecule has 0 bridgehead atoms. The number of carbonyl (C=O) groups excluding carboxylic acids is 2. The molecule has 35 heavy (non-hydrogen) atoms. The summed E-state index contributed by atoms with van der Waals surface area (Å²) in [6, 6.07) is 12.1. The molecule has 180 valence electrons. The Kier molecular flexibility index (Phi) is 6.24. The van der Waals surface area contributed by atoms with Crippen LogP contribution in [0.2, 0.25) is 0 Å². The second-order valence-corrected chi connectivity index (χ2v) is 8.72. The van der Waals surface area contributed by atoms with Crippen LogP contribution in [-0.2, 0) is 4.74 Å². The van der Waals surface area contributed by atoms with E-state index in [0.29, 0.717) is 34.3 Å². The maximum atomic E-state index is 12.6. The van der Waals surface area contributed by atoms with Crippen LogP contribution in [0.5, 0.6) is 0 Å². The Bertz CT molecular complexity index is 1260. The van der Waals surface area contributed by atoms with Crippen LogP contribution < -0.4 is 26.6 Å². The van der Waals surface area contributed by atoms with Crippen LogP contribution >= 0.6 is 0 Å². The lowest BCUT2D eigenvalue weighted by Gasteiger charge is -2.38. The SMILES string of the molecule is C=C1[C@H](NC(=O)OC(C)(C)C)Nc2ncnc(N)c2N1c1ccc(C(=O)Nc2ccccn2)cc1. The minimum absolute atomic E-state index is 0.219. The molecule has 1 atom stereocenters. The molecule has 0 saturated heterocycles. The second kappa shape index (κ2) is 9.29. The van der Waals surface area contributed by atoms with E-state index in [4.69, 9.17) is 10.5 Å². The average Bonchev–Trinajstić information content (AvgIpc) is 2.80. The molecule has 0 unspecified atom stereocenters. The Morgan fingerprint density at radius 3 is 2.51 bits per heavy atom. The molecule has 5 N–H and O–H groups in total. The minimum Gasteiger partial charge on any atom is -0.444 e. The van der Waals surface area contributed by atoms with Crippen molar-refractivity contribution in [1.29, 1.82) is 0 Å². The van der Waals surface area contributed by atoms with Crippen LogP contribution in [-0.4, -0.2) is 38.7 Å². The van der Waals surface area contributed by atoms with Gasteiger partial charge in [0.05, 0.1) is 5.70 Å². The van der Waals surface area contributed by atoms with E-state index >= 15 is 0 Å². The summed E-state index contributed by atoms with van der Waals surface area (Å²) >= 11 is 0. The van der Waals surface area contributed by atoms with Crippen molar-refractivity contribution in [2.75, 3.05) is 21.3 Å². The van der Waals surface area contributed by atoms with Crippen molar-refractivity contribution in [3.63, 3.8) is 0 Å². The van der Waals surface area contributed by atoms with Crippen molar-refractivity contribution in [1.82, 2.24) is 20.3 Å². The van der Waals surface area contributed by atoms with Gasteiger partial charge in [-0.1, -0.05) is 12.6 Å². The first-order chi connectivity index (χ1) is 16.6. The molecule has 1 aliphatic rings. The summed E-state index contributed by atoms with van der Waals surface area (Å²) in [5.74, 6) is 0.772. The molecular weight excluding hydrogens is 448 g/mol. The largest absolute Gasteiger partial charge is 0.444 e. The predicted molar refractivity (Wildman–Crippen MR) is 133 cm³/mol. The highest BCUT2D eigenvalue weighted by Crippen LogP contribution is 2.41. The highest BCUT2D eigenvalue weighted by Gasteiger charge is 2.34. The van der Waals surface area contributed by atoms with E-state index in [2.05, 4.69) is 37.5 Å². The quantitative estimate of drug-likeness (QED) is 0.445. The zero-order chi connectivity index (χ0) is 25.2. The van der Waals surface area contributed by atoms with Gasteiger partial charge in [-0.25, -0.2) is 19.7 Å². The number of carbonyl (C=O) groups is 2. The number of amides is 2. The van der Waals surface area contributed by atoms with Crippen molar-refractivity contribution in [2.45, 2.75) is 32.5 Å². The van der Waals surface area contributed by atoms with Crippen LogP contribution in [0, 0.1) is 0 Å². The summed E-state index contributed by atoms with van der Waals surface area (Å²) < 4.78 is 5.38. The van der Waals surface area contributed by atoms with Gasteiger partial charge in [-0.05, 0) is 57.2 Å². The third kappa shape index (κ3) is 5.29. The lowest BCUT2D eigenvalue weighted by Crippen LogP contribution is -2.49. The van der Waals surface area contributed by atoms with Crippen molar-refractivity contribution in [3.8, 4) is 0 Å². The highest BCUT2D eigenvalue weighted by molar-refractivity contribution is 6.04. The first kappa shape index (κ1) is 23.5. The number of hydrogen-bond donors (Lipinski definition) is 4. The van der Waals surface area contributed by atoms with Gasteiger partial charge in [0, 0.05) is 17.4 Å². The molecule has 0 radical (unpaired) electrons. The van der Waals surface area contributed by atoms with Crippen LogP contribution in [0.3, 0.4) is 0 Å². The first-order valence-corrected chi connectivity index (χ1v) is 10.8. The molecule has 1 aromatic carbocycles. The van der Waals surface area contributed by atoms with Gasteiger partial charge in [-0.3, -0.25) is 10.1 Å². The molecule has 11 heteroatoms. The zero-order valence-electron chi connectivity index (χ0n) is 19.6. The molecule has 1 aliphatic heterocycles. The van der Waals surface area contributed by atoms with Crippen molar-refractivity contribution >= 4 is 40.8 Å². The number of nitrogens with one attached hydrogen (secondary N) is 3. The molecule has 2 amide bonds. The monoisotopic (exact) mass is 474 g/mol. The number of nitrogen functional groups attached to an aromatic ring is 1.